The van der Waals surface area contributed by atoms with Gasteiger partial charge in [0, 0.05) is 27.6 Å². The predicted octanol–water partition coefficient (Wildman–Crippen LogP) is 14.1. The molecule has 0 unspecified atom stereocenters. The zero-order valence-corrected chi connectivity index (χ0v) is 31.5. The summed E-state index contributed by atoms with van der Waals surface area (Å²) in [7, 11) is 0. The van der Waals surface area contributed by atoms with E-state index in [1.165, 1.54) is 11.1 Å². The molecule has 0 aliphatic rings. The van der Waals surface area contributed by atoms with E-state index in [-0.39, 0.29) is 0 Å². The first-order valence-corrected chi connectivity index (χ1v) is 19.1. The molecule has 8 aromatic carbocycles. The molecule has 4 heteroatoms. The van der Waals surface area contributed by atoms with Gasteiger partial charge in [-0.1, -0.05) is 194 Å². The number of hydrogen-bond acceptors (Lipinski definition) is 4. The number of rotatable bonds is 9. The Morgan fingerprint density at radius 1 is 0.386 bits per heavy atom. The lowest BCUT2D eigenvalue weighted by Crippen LogP contribution is -2.00. The van der Waals surface area contributed by atoms with E-state index in [2.05, 4.69) is 169 Å². The highest BCUT2D eigenvalue weighted by molar-refractivity contribution is 6.05. The quantitative estimate of drug-likeness (QED) is 0.139. The number of benzene rings is 8. The lowest BCUT2D eigenvalue weighted by atomic mass is 9.94. The van der Waals surface area contributed by atoms with Gasteiger partial charge in [0.15, 0.2) is 17.5 Å². The predicted molar refractivity (Wildman–Crippen MR) is 239 cm³/mol. The van der Waals surface area contributed by atoms with Crippen LogP contribution in [-0.4, -0.2) is 21.7 Å². The number of nitrogens with zero attached hydrogens (tertiary/aromatic N) is 4. The van der Waals surface area contributed by atoms with Gasteiger partial charge in [0.25, 0.3) is 0 Å². The van der Waals surface area contributed by atoms with Crippen molar-refractivity contribution in [1.29, 1.82) is 0 Å². The average Bonchev–Trinajstić information content (AvgIpc) is 3.29. The molecule has 0 aliphatic heterocycles. The van der Waals surface area contributed by atoms with Crippen molar-refractivity contribution in [2.75, 3.05) is 0 Å². The first kappa shape index (κ1) is 35.2. The van der Waals surface area contributed by atoms with Crippen LogP contribution in [0.2, 0.25) is 0 Å². The largest absolute Gasteiger partial charge is 0.263 e. The van der Waals surface area contributed by atoms with Crippen LogP contribution in [0.5, 0.6) is 0 Å². The molecule has 0 fully saturated rings. The van der Waals surface area contributed by atoms with Crippen LogP contribution >= 0.6 is 0 Å². The minimum absolute atomic E-state index is 0.631. The van der Waals surface area contributed by atoms with E-state index in [1.54, 1.807) is 0 Å². The maximum absolute atomic E-state index is 5.02. The Balaban J connectivity index is 1.00. The summed E-state index contributed by atoms with van der Waals surface area (Å²) in [5, 5.41) is 2.26. The molecule has 0 bridgehead atoms. The fourth-order valence-corrected chi connectivity index (χ4v) is 7.43. The van der Waals surface area contributed by atoms with Crippen LogP contribution in [0.15, 0.2) is 199 Å². The summed E-state index contributed by atoms with van der Waals surface area (Å²) >= 11 is 0. The normalized spacial score (nSPS) is 11.2. The topological polar surface area (TPSA) is 51.0 Å². The van der Waals surface area contributed by atoms with Crippen LogP contribution in [0.4, 0.5) is 5.69 Å². The molecule has 1 aromatic heterocycles. The molecule has 4 nitrogen and oxygen atoms in total. The second kappa shape index (κ2) is 15.7. The van der Waals surface area contributed by atoms with Crippen molar-refractivity contribution in [2.45, 2.75) is 6.92 Å². The minimum Gasteiger partial charge on any atom is -0.263 e. The summed E-state index contributed by atoms with van der Waals surface area (Å²) in [6.07, 6.45) is 4.11. The highest BCUT2D eigenvalue weighted by atomic mass is 15.0. The van der Waals surface area contributed by atoms with Crippen LogP contribution in [0.25, 0.3) is 95.5 Å². The molecule has 9 rings (SSSR count). The van der Waals surface area contributed by atoms with Crippen LogP contribution < -0.4 is 0 Å². The Morgan fingerprint density at radius 3 is 1.40 bits per heavy atom. The van der Waals surface area contributed by atoms with E-state index in [0.717, 1.165) is 72.1 Å². The lowest BCUT2D eigenvalue weighted by molar-refractivity contribution is 1.07. The maximum atomic E-state index is 5.02. The number of hydrogen-bond donors (Lipinski definition) is 0. The van der Waals surface area contributed by atoms with Gasteiger partial charge in [-0.05, 0) is 69.6 Å². The summed E-state index contributed by atoms with van der Waals surface area (Å²) in [6.45, 7) is 5.88. The second-order valence-corrected chi connectivity index (χ2v) is 13.9. The minimum atomic E-state index is 0.631. The van der Waals surface area contributed by atoms with Gasteiger partial charge in [0.05, 0.1) is 5.69 Å². The van der Waals surface area contributed by atoms with Crippen LogP contribution in [0.1, 0.15) is 12.5 Å². The third-order valence-electron chi connectivity index (χ3n) is 10.4. The molecule has 1 heterocycles. The van der Waals surface area contributed by atoms with E-state index in [0.29, 0.717) is 17.5 Å². The Hall–Kier alpha value is -7.56. The number of allylic oxidation sites excluding steroid dienone is 1. The zero-order chi connectivity index (χ0) is 38.6. The lowest BCUT2D eigenvalue weighted by Gasteiger charge is -2.12. The van der Waals surface area contributed by atoms with E-state index < -0.39 is 0 Å². The molecule has 270 valence electrons. The molecule has 0 saturated carbocycles. The molecular formula is C53H38N4. The molecule has 0 amide bonds. The standard InChI is InChI=1S/C53H38N4/c1-3-12-42-33-34-48-47(19-11-20-49(48)50(42)54-2)41-29-25-39(26-30-41)38-21-23-40(24-22-38)45-17-10-18-46(35-45)53-56-51(43-15-8-5-9-16-43)55-52(57-53)44-31-27-37(28-32-44)36-13-6-4-7-14-36/h3-35H,2H2,1H3/b12-3-. The number of fused-ring (bicyclic) bond motifs is 1. The SMILES string of the molecule is C=Nc1c(/C=C\C)ccc2c(-c3ccc(-c4ccc(-c5cccc(-c6nc(-c7ccccc7)nc(-c7ccc(-c8ccccc8)cc7)n6)c5)cc4)cc3)cccc12. The first-order valence-electron chi connectivity index (χ1n) is 19.1. The van der Waals surface area contributed by atoms with Gasteiger partial charge < -0.3 is 0 Å². The Kier molecular flexibility index (Phi) is 9.66. The van der Waals surface area contributed by atoms with Crippen LogP contribution in [-0.2, 0) is 0 Å². The summed E-state index contributed by atoms with van der Waals surface area (Å²) in [4.78, 5) is 19.3. The van der Waals surface area contributed by atoms with Gasteiger partial charge in [-0.25, -0.2) is 15.0 Å². The maximum Gasteiger partial charge on any atom is 0.164 e. The van der Waals surface area contributed by atoms with Crippen molar-refractivity contribution >= 4 is 29.3 Å². The second-order valence-electron chi connectivity index (χ2n) is 13.9. The molecule has 0 aliphatic carbocycles. The molecular weight excluding hydrogens is 693 g/mol. The van der Waals surface area contributed by atoms with Crippen molar-refractivity contribution in [3.63, 3.8) is 0 Å². The van der Waals surface area contributed by atoms with Gasteiger partial charge in [0.1, 0.15) is 0 Å². The summed E-state index contributed by atoms with van der Waals surface area (Å²) in [5.41, 5.74) is 14.0. The molecule has 57 heavy (non-hydrogen) atoms. The van der Waals surface area contributed by atoms with Gasteiger partial charge in [-0.2, -0.15) is 0 Å². The van der Waals surface area contributed by atoms with Crippen molar-refractivity contribution in [3.8, 4) is 78.7 Å². The summed E-state index contributed by atoms with van der Waals surface area (Å²) < 4.78 is 0. The van der Waals surface area contributed by atoms with E-state index in [1.807, 2.05) is 49.4 Å². The summed E-state index contributed by atoms with van der Waals surface area (Å²) in [6, 6.07) is 65.6. The third-order valence-corrected chi connectivity index (χ3v) is 10.4. The average molecular weight is 731 g/mol. The van der Waals surface area contributed by atoms with Gasteiger partial charge in [0.2, 0.25) is 0 Å². The van der Waals surface area contributed by atoms with E-state index in [9.17, 15) is 0 Å². The fraction of sp³-hybridized carbons (Fsp3) is 0.0189. The fourth-order valence-electron chi connectivity index (χ4n) is 7.43. The Bertz CT molecular complexity index is 2880. The Labute approximate surface area is 333 Å². The smallest absolute Gasteiger partial charge is 0.164 e. The van der Waals surface area contributed by atoms with Gasteiger partial charge >= 0.3 is 0 Å². The zero-order valence-electron chi connectivity index (χ0n) is 31.5. The molecule has 0 saturated heterocycles. The highest BCUT2D eigenvalue weighted by Crippen LogP contribution is 2.38. The van der Waals surface area contributed by atoms with Gasteiger partial charge in [-0.3, -0.25) is 4.99 Å². The number of aromatic nitrogens is 3. The van der Waals surface area contributed by atoms with Crippen LogP contribution in [0, 0.1) is 0 Å². The number of aliphatic imine (C=N–C) groups is 1. The van der Waals surface area contributed by atoms with Crippen molar-refractivity contribution in [3.05, 3.63) is 200 Å². The van der Waals surface area contributed by atoms with Crippen molar-refractivity contribution in [2.24, 2.45) is 4.99 Å². The Morgan fingerprint density at radius 2 is 0.825 bits per heavy atom. The first-order chi connectivity index (χ1) is 28.1. The van der Waals surface area contributed by atoms with Crippen molar-refractivity contribution < 1.29 is 0 Å². The highest BCUT2D eigenvalue weighted by Gasteiger charge is 2.14. The monoisotopic (exact) mass is 730 g/mol. The van der Waals surface area contributed by atoms with Crippen molar-refractivity contribution in [1.82, 2.24) is 15.0 Å². The molecule has 0 spiro atoms. The molecule has 0 atom stereocenters. The van der Waals surface area contributed by atoms with E-state index >= 15 is 0 Å². The molecule has 0 radical (unpaired) electrons. The third kappa shape index (κ3) is 7.20. The summed E-state index contributed by atoms with van der Waals surface area (Å²) in [5.74, 6) is 1.91. The molecule has 9 aromatic rings. The van der Waals surface area contributed by atoms with Crippen LogP contribution in [0.3, 0.4) is 0 Å². The van der Waals surface area contributed by atoms with Gasteiger partial charge in [-0.15, -0.1) is 0 Å². The molecule has 0 N–H and O–H groups in total. The van der Waals surface area contributed by atoms with E-state index in [4.69, 9.17) is 15.0 Å².